The van der Waals surface area contributed by atoms with Crippen molar-refractivity contribution in [1.82, 2.24) is 4.90 Å². The molecule has 2 aromatic carbocycles. The number of anilines is 1. The first-order valence-corrected chi connectivity index (χ1v) is 10.1. The third-order valence-electron chi connectivity index (χ3n) is 4.16. The first-order chi connectivity index (χ1) is 13.4. The third-order valence-corrected chi connectivity index (χ3v) is 5.54. The van der Waals surface area contributed by atoms with Crippen LogP contribution in [-0.4, -0.2) is 32.7 Å². The number of amides is 2. The fourth-order valence-electron chi connectivity index (χ4n) is 2.71. The SMILES string of the molecule is Cc1ccc(/C=C2/SC(=S)N(CCCC(=O)Nc3cccc(O)c3)C2=O)cc1. The molecule has 28 heavy (non-hydrogen) atoms. The minimum Gasteiger partial charge on any atom is -0.508 e. The van der Waals surface area contributed by atoms with Crippen molar-refractivity contribution in [3.8, 4) is 5.75 Å². The van der Waals surface area contributed by atoms with Gasteiger partial charge >= 0.3 is 0 Å². The lowest BCUT2D eigenvalue weighted by molar-refractivity contribution is -0.122. The van der Waals surface area contributed by atoms with Crippen LogP contribution in [0.25, 0.3) is 6.08 Å². The summed E-state index contributed by atoms with van der Waals surface area (Å²) in [5.41, 5.74) is 2.65. The van der Waals surface area contributed by atoms with E-state index < -0.39 is 0 Å². The van der Waals surface area contributed by atoms with E-state index in [9.17, 15) is 14.7 Å². The molecule has 3 rings (SSSR count). The number of aromatic hydroxyl groups is 1. The number of hydrogen-bond acceptors (Lipinski definition) is 5. The van der Waals surface area contributed by atoms with Crippen molar-refractivity contribution in [3.63, 3.8) is 0 Å². The van der Waals surface area contributed by atoms with E-state index in [-0.39, 0.29) is 24.0 Å². The van der Waals surface area contributed by atoms with Crippen LogP contribution in [0.3, 0.4) is 0 Å². The monoisotopic (exact) mass is 412 g/mol. The summed E-state index contributed by atoms with van der Waals surface area (Å²) in [5, 5.41) is 12.2. The van der Waals surface area contributed by atoms with Gasteiger partial charge in [0.15, 0.2) is 0 Å². The number of hydrogen-bond donors (Lipinski definition) is 2. The van der Waals surface area contributed by atoms with Crippen LogP contribution in [0.15, 0.2) is 53.4 Å². The Morgan fingerprint density at radius 3 is 2.71 bits per heavy atom. The molecule has 1 aliphatic rings. The van der Waals surface area contributed by atoms with Gasteiger partial charge in [0.1, 0.15) is 10.1 Å². The van der Waals surface area contributed by atoms with Gasteiger partial charge in [-0.3, -0.25) is 14.5 Å². The highest BCUT2D eigenvalue weighted by Gasteiger charge is 2.31. The van der Waals surface area contributed by atoms with Crippen LogP contribution in [-0.2, 0) is 9.59 Å². The maximum atomic E-state index is 12.6. The number of thiocarbonyl (C=S) groups is 1. The second-order valence-electron chi connectivity index (χ2n) is 6.45. The Bertz CT molecular complexity index is 939. The van der Waals surface area contributed by atoms with E-state index in [0.717, 1.165) is 11.1 Å². The molecule has 2 N–H and O–H groups in total. The van der Waals surface area contributed by atoms with Gasteiger partial charge in [0, 0.05) is 24.7 Å². The van der Waals surface area contributed by atoms with Crippen LogP contribution in [0.5, 0.6) is 5.75 Å². The predicted molar refractivity (Wildman–Crippen MR) is 117 cm³/mol. The molecule has 0 bridgehead atoms. The van der Waals surface area contributed by atoms with Gasteiger partial charge in [0.2, 0.25) is 5.91 Å². The molecule has 144 valence electrons. The molecule has 7 heteroatoms. The maximum absolute atomic E-state index is 12.6. The maximum Gasteiger partial charge on any atom is 0.266 e. The number of nitrogens with zero attached hydrogens (tertiary/aromatic N) is 1. The first kappa shape index (κ1) is 20.1. The van der Waals surface area contributed by atoms with Crippen molar-refractivity contribution in [3.05, 3.63) is 64.6 Å². The van der Waals surface area contributed by atoms with Gasteiger partial charge in [-0.15, -0.1) is 0 Å². The van der Waals surface area contributed by atoms with Crippen molar-refractivity contribution >= 4 is 51.9 Å². The van der Waals surface area contributed by atoms with E-state index in [1.807, 2.05) is 37.3 Å². The van der Waals surface area contributed by atoms with Crippen molar-refractivity contribution in [2.75, 3.05) is 11.9 Å². The Kier molecular flexibility index (Phi) is 6.49. The number of carbonyl (C=O) groups is 2. The van der Waals surface area contributed by atoms with E-state index in [1.165, 1.54) is 23.9 Å². The summed E-state index contributed by atoms with van der Waals surface area (Å²) in [6, 6.07) is 14.3. The molecule has 5 nitrogen and oxygen atoms in total. The zero-order valence-electron chi connectivity index (χ0n) is 15.3. The van der Waals surface area contributed by atoms with Crippen LogP contribution in [0.2, 0.25) is 0 Å². The number of phenolic OH excluding ortho intramolecular Hbond substituents is 1. The fraction of sp³-hybridized carbons (Fsp3) is 0.190. The number of benzene rings is 2. The Morgan fingerprint density at radius 2 is 2.00 bits per heavy atom. The molecule has 2 aromatic rings. The third kappa shape index (κ3) is 5.21. The van der Waals surface area contributed by atoms with Crippen molar-refractivity contribution in [2.24, 2.45) is 0 Å². The summed E-state index contributed by atoms with van der Waals surface area (Å²) in [6.07, 6.45) is 2.59. The number of carbonyl (C=O) groups excluding carboxylic acids is 2. The van der Waals surface area contributed by atoms with E-state index in [1.54, 1.807) is 17.0 Å². The van der Waals surface area contributed by atoms with Gasteiger partial charge in [-0.1, -0.05) is 59.9 Å². The molecule has 0 atom stereocenters. The quantitative estimate of drug-likeness (QED) is 0.546. The van der Waals surface area contributed by atoms with E-state index in [2.05, 4.69) is 5.32 Å². The van der Waals surface area contributed by atoms with Crippen LogP contribution in [0.4, 0.5) is 5.69 Å². The van der Waals surface area contributed by atoms with Crippen molar-refractivity contribution in [1.29, 1.82) is 0 Å². The molecule has 1 heterocycles. The second kappa shape index (κ2) is 9.03. The minimum atomic E-state index is -0.175. The standard InChI is InChI=1S/C21H20N2O3S2/c1-14-7-9-15(10-8-14)12-18-20(26)23(21(27)28-18)11-3-6-19(25)22-16-4-2-5-17(24)13-16/h2,4-5,7-10,12-13,24H,3,6,11H2,1H3,(H,22,25)/b18-12+. The van der Waals surface area contributed by atoms with Gasteiger partial charge in [0.05, 0.1) is 4.91 Å². The molecule has 0 aliphatic carbocycles. The molecule has 0 aromatic heterocycles. The molecule has 0 saturated carbocycles. The van der Waals surface area contributed by atoms with E-state index in [0.29, 0.717) is 27.9 Å². The second-order valence-corrected chi connectivity index (χ2v) is 8.12. The number of nitrogens with one attached hydrogen (secondary N) is 1. The topological polar surface area (TPSA) is 69.6 Å². The van der Waals surface area contributed by atoms with Crippen LogP contribution < -0.4 is 5.32 Å². The lowest BCUT2D eigenvalue weighted by atomic mass is 10.1. The number of phenols is 1. The van der Waals surface area contributed by atoms with Gasteiger partial charge < -0.3 is 10.4 Å². The summed E-state index contributed by atoms with van der Waals surface area (Å²) >= 11 is 6.61. The normalized spacial score (nSPS) is 15.3. The highest BCUT2D eigenvalue weighted by molar-refractivity contribution is 8.26. The number of aryl methyl sites for hydroxylation is 1. The molecule has 0 radical (unpaired) electrons. The minimum absolute atomic E-state index is 0.0933. The van der Waals surface area contributed by atoms with Gasteiger partial charge in [-0.05, 0) is 37.1 Å². The van der Waals surface area contributed by atoms with Gasteiger partial charge in [0.25, 0.3) is 5.91 Å². The Labute approximate surface area is 173 Å². The highest BCUT2D eigenvalue weighted by Crippen LogP contribution is 2.32. The number of rotatable bonds is 6. The fourth-order valence-corrected chi connectivity index (χ4v) is 4.02. The van der Waals surface area contributed by atoms with Crippen LogP contribution in [0.1, 0.15) is 24.0 Å². The van der Waals surface area contributed by atoms with E-state index >= 15 is 0 Å². The Balaban J connectivity index is 1.53. The Morgan fingerprint density at radius 1 is 1.25 bits per heavy atom. The highest BCUT2D eigenvalue weighted by atomic mass is 32.2. The average molecular weight is 413 g/mol. The molecule has 2 amide bonds. The smallest absolute Gasteiger partial charge is 0.266 e. The van der Waals surface area contributed by atoms with Gasteiger partial charge in [-0.25, -0.2) is 0 Å². The van der Waals surface area contributed by atoms with Gasteiger partial charge in [-0.2, -0.15) is 0 Å². The first-order valence-electron chi connectivity index (χ1n) is 8.83. The summed E-state index contributed by atoms with van der Waals surface area (Å²) in [7, 11) is 0. The predicted octanol–water partition coefficient (Wildman–Crippen LogP) is 4.32. The van der Waals surface area contributed by atoms with Crippen molar-refractivity contribution in [2.45, 2.75) is 19.8 Å². The van der Waals surface area contributed by atoms with E-state index in [4.69, 9.17) is 12.2 Å². The lowest BCUT2D eigenvalue weighted by Gasteiger charge is -2.14. The summed E-state index contributed by atoms with van der Waals surface area (Å²) < 4.78 is 0.511. The zero-order valence-corrected chi connectivity index (χ0v) is 17.0. The summed E-state index contributed by atoms with van der Waals surface area (Å²) in [4.78, 5) is 26.8. The Hall–Kier alpha value is -2.64. The molecule has 1 fully saturated rings. The average Bonchev–Trinajstić information content (AvgIpc) is 2.91. The molecular formula is C21H20N2O3S2. The van der Waals surface area contributed by atoms with Crippen molar-refractivity contribution < 1.29 is 14.7 Å². The molecule has 0 spiro atoms. The largest absolute Gasteiger partial charge is 0.508 e. The number of thioether (sulfide) groups is 1. The lowest BCUT2D eigenvalue weighted by Crippen LogP contribution is -2.29. The molecular weight excluding hydrogens is 392 g/mol. The summed E-state index contributed by atoms with van der Waals surface area (Å²) in [6.45, 7) is 2.41. The van der Waals surface area contributed by atoms with Crippen LogP contribution >= 0.6 is 24.0 Å². The molecule has 1 aliphatic heterocycles. The summed E-state index contributed by atoms with van der Waals surface area (Å²) in [5.74, 6) is -0.203. The molecule has 1 saturated heterocycles. The van der Waals surface area contributed by atoms with Crippen LogP contribution in [0, 0.1) is 6.92 Å². The zero-order chi connectivity index (χ0) is 20.1. The molecule has 0 unspecified atom stereocenters.